The second kappa shape index (κ2) is 12.5. The van der Waals surface area contributed by atoms with Gasteiger partial charge in [0, 0.05) is 0 Å². The fourth-order valence-electron chi connectivity index (χ4n) is 4.14. The number of aliphatic hydroxyl groups is 1. The summed E-state index contributed by atoms with van der Waals surface area (Å²) in [6.07, 6.45) is 1.49. The van der Waals surface area contributed by atoms with Crippen LogP contribution >= 0.6 is 0 Å². The zero-order chi connectivity index (χ0) is 32.8. The van der Waals surface area contributed by atoms with Crippen molar-refractivity contribution in [1.29, 1.82) is 0 Å². The van der Waals surface area contributed by atoms with Gasteiger partial charge in [-0.25, -0.2) is 9.97 Å². The van der Waals surface area contributed by atoms with Gasteiger partial charge in [-0.2, -0.15) is 4.98 Å². The highest BCUT2D eigenvalue weighted by Crippen LogP contribution is 2.47. The maximum absolute atomic E-state index is 9.31. The molecule has 2 aromatic heterocycles. The lowest BCUT2D eigenvalue weighted by Gasteiger charge is -2.44. The molecule has 3 rings (SSSR count). The number of aliphatic hydroxyl groups excluding tert-OH is 1. The van der Waals surface area contributed by atoms with Crippen LogP contribution in [0.5, 0.6) is 5.88 Å². The van der Waals surface area contributed by atoms with Gasteiger partial charge in [0.25, 0.3) is 0 Å². The molecule has 43 heavy (non-hydrogen) atoms. The summed E-state index contributed by atoms with van der Waals surface area (Å²) in [6, 6.07) is 0. The Morgan fingerprint density at radius 3 is 1.84 bits per heavy atom. The number of fused-ring (bicyclic) bond motifs is 1. The van der Waals surface area contributed by atoms with Gasteiger partial charge >= 0.3 is 0 Å². The summed E-state index contributed by atoms with van der Waals surface area (Å²) in [6.45, 7) is 34.3. The minimum atomic E-state index is -2.30. The van der Waals surface area contributed by atoms with Gasteiger partial charge in [-0.3, -0.25) is 4.57 Å². The summed E-state index contributed by atoms with van der Waals surface area (Å²) < 4.78 is 35.8. The molecule has 0 unspecified atom stereocenters. The van der Waals surface area contributed by atoms with Crippen LogP contribution in [-0.2, 0) is 18.0 Å². The average molecular weight is 655 g/mol. The Bertz CT molecular complexity index is 1230. The topological polar surface area (TPSA) is 110 Å². The normalized spacial score (nSPS) is 22.9. The smallest absolute Gasteiger partial charge is 0.245 e. The van der Waals surface area contributed by atoms with E-state index in [0.717, 1.165) is 0 Å². The Hall–Kier alpha value is -1.20. The lowest BCUT2D eigenvalue weighted by molar-refractivity contribution is -0.0470. The van der Waals surface area contributed by atoms with Crippen molar-refractivity contribution in [3.63, 3.8) is 0 Å². The van der Waals surface area contributed by atoms with E-state index in [1.165, 1.54) is 6.33 Å². The molecule has 0 saturated carbocycles. The van der Waals surface area contributed by atoms with Gasteiger partial charge in [-0.15, -0.1) is 0 Å². The van der Waals surface area contributed by atoms with Crippen molar-refractivity contribution >= 4 is 36.1 Å². The van der Waals surface area contributed by atoms with Crippen molar-refractivity contribution in [2.45, 2.75) is 141 Å². The molecule has 0 spiro atoms. The molecule has 0 aromatic carbocycles. The summed E-state index contributed by atoms with van der Waals surface area (Å²) in [4.78, 5) is 13.5. The van der Waals surface area contributed by atoms with Crippen molar-refractivity contribution in [2.75, 3.05) is 19.8 Å². The molecule has 1 fully saturated rings. The SMILES string of the molecule is CC(C)(C)[Si](C)(C)OC[C@H]1O[C@@H](n2cnc3c(OCCO)ncnc32)[C@H](O[Si](C)(C)C(C)(C)C)[C@@H]1O[Si](C)(C)C(C)(C)C. The zero-order valence-corrected chi connectivity index (χ0v) is 32.4. The molecule has 1 aliphatic rings. The van der Waals surface area contributed by atoms with Crippen molar-refractivity contribution in [2.24, 2.45) is 0 Å². The first kappa shape index (κ1) is 36.3. The summed E-state index contributed by atoms with van der Waals surface area (Å²) >= 11 is 0. The van der Waals surface area contributed by atoms with E-state index in [-0.39, 0.29) is 40.5 Å². The highest BCUT2D eigenvalue weighted by atomic mass is 28.4. The Kier molecular flexibility index (Phi) is 10.6. The average Bonchev–Trinajstić information content (AvgIpc) is 3.41. The molecular formula is C30H58N4O6Si3. The fourth-order valence-corrected chi connectivity index (χ4v) is 7.76. The molecule has 10 nitrogen and oxygen atoms in total. The molecule has 1 aliphatic heterocycles. The van der Waals surface area contributed by atoms with Gasteiger partial charge in [0.05, 0.1) is 19.5 Å². The maximum Gasteiger partial charge on any atom is 0.245 e. The minimum Gasteiger partial charge on any atom is -0.474 e. The van der Waals surface area contributed by atoms with Crippen LogP contribution in [0.3, 0.4) is 0 Å². The van der Waals surface area contributed by atoms with Gasteiger partial charge in [0.15, 0.2) is 42.3 Å². The molecule has 13 heteroatoms. The molecule has 4 atom stereocenters. The van der Waals surface area contributed by atoms with Crippen LogP contribution in [0, 0.1) is 0 Å². The van der Waals surface area contributed by atoms with E-state index >= 15 is 0 Å². The summed E-state index contributed by atoms with van der Waals surface area (Å²) in [5, 5.41) is 9.32. The molecule has 1 saturated heterocycles. The predicted molar refractivity (Wildman–Crippen MR) is 179 cm³/mol. The molecule has 2 aromatic rings. The van der Waals surface area contributed by atoms with Crippen molar-refractivity contribution in [3.05, 3.63) is 12.7 Å². The Balaban J connectivity index is 2.16. The zero-order valence-electron chi connectivity index (χ0n) is 29.4. The van der Waals surface area contributed by atoms with E-state index in [1.54, 1.807) is 6.33 Å². The van der Waals surface area contributed by atoms with Crippen molar-refractivity contribution in [1.82, 2.24) is 19.5 Å². The first-order valence-electron chi connectivity index (χ1n) is 15.5. The quantitative estimate of drug-likeness (QED) is 0.259. The molecular weight excluding hydrogens is 597 g/mol. The Morgan fingerprint density at radius 1 is 0.791 bits per heavy atom. The molecule has 246 valence electrons. The first-order chi connectivity index (χ1) is 19.4. The summed E-state index contributed by atoms with van der Waals surface area (Å²) in [7, 11) is -6.64. The third kappa shape index (κ3) is 7.79. The number of hydrogen-bond acceptors (Lipinski definition) is 9. The number of ether oxygens (including phenoxy) is 2. The van der Waals surface area contributed by atoms with Crippen LogP contribution in [0.1, 0.15) is 68.5 Å². The lowest BCUT2D eigenvalue weighted by atomic mass is 10.1. The molecule has 0 aliphatic carbocycles. The van der Waals surface area contributed by atoms with E-state index in [4.69, 9.17) is 22.8 Å². The van der Waals surface area contributed by atoms with Gasteiger partial charge in [0.1, 0.15) is 31.2 Å². The number of imidazole rings is 1. The van der Waals surface area contributed by atoms with Gasteiger partial charge in [-0.1, -0.05) is 62.3 Å². The number of nitrogens with zero attached hydrogens (tertiary/aromatic N) is 4. The molecule has 0 radical (unpaired) electrons. The highest BCUT2D eigenvalue weighted by molar-refractivity contribution is 6.75. The maximum atomic E-state index is 9.31. The van der Waals surface area contributed by atoms with Crippen LogP contribution in [-0.4, -0.2) is 87.7 Å². The lowest BCUT2D eigenvalue weighted by Crippen LogP contribution is -2.54. The monoisotopic (exact) mass is 654 g/mol. The first-order valence-corrected chi connectivity index (χ1v) is 24.2. The van der Waals surface area contributed by atoms with Gasteiger partial charge in [0.2, 0.25) is 5.88 Å². The minimum absolute atomic E-state index is 0.00861. The standard InChI is InChI=1S/C30H58N4O6Si3/c1-28(2,3)41(10,11)37-18-21-23(39-42(12,13)29(4,5)6)24(40-43(14,15)30(7,8)9)27(38-21)34-20-33-22-25(34)31-19-32-26(22)36-17-16-35/h19-21,23-24,27,35H,16-18H2,1-15H3/t21-,23-,24-,27-/m1/s1. The summed E-state index contributed by atoms with van der Waals surface area (Å²) in [5.41, 5.74) is 1.09. The van der Waals surface area contributed by atoms with Crippen LogP contribution in [0.15, 0.2) is 12.7 Å². The van der Waals surface area contributed by atoms with Crippen LogP contribution < -0.4 is 4.74 Å². The second-order valence-electron chi connectivity index (χ2n) is 16.4. The van der Waals surface area contributed by atoms with Crippen LogP contribution in [0.2, 0.25) is 54.4 Å². The van der Waals surface area contributed by atoms with Gasteiger partial charge in [-0.05, 0) is 54.4 Å². The van der Waals surface area contributed by atoms with E-state index in [9.17, 15) is 5.11 Å². The third-order valence-corrected chi connectivity index (χ3v) is 23.6. The van der Waals surface area contributed by atoms with E-state index < -0.39 is 37.3 Å². The van der Waals surface area contributed by atoms with E-state index in [0.29, 0.717) is 23.7 Å². The predicted octanol–water partition coefficient (Wildman–Crippen LogP) is 6.90. The largest absolute Gasteiger partial charge is 0.474 e. The molecule has 1 N–H and O–H groups in total. The molecule has 0 bridgehead atoms. The third-order valence-electron chi connectivity index (χ3n) is 10.1. The van der Waals surface area contributed by atoms with E-state index in [2.05, 4.69) is 117 Å². The highest BCUT2D eigenvalue weighted by Gasteiger charge is 2.55. The van der Waals surface area contributed by atoms with E-state index in [1.807, 2.05) is 4.57 Å². The van der Waals surface area contributed by atoms with Gasteiger partial charge < -0.3 is 27.9 Å². The second-order valence-corrected chi connectivity index (χ2v) is 30.7. The Labute approximate surface area is 262 Å². The summed E-state index contributed by atoms with van der Waals surface area (Å²) in [5.74, 6) is 0.324. The molecule has 3 heterocycles. The van der Waals surface area contributed by atoms with Crippen LogP contribution in [0.25, 0.3) is 11.2 Å². The Morgan fingerprint density at radius 2 is 1.33 bits per heavy atom. The molecule has 0 amide bonds. The number of aromatic nitrogens is 4. The fraction of sp³-hybridized carbons (Fsp3) is 0.833. The van der Waals surface area contributed by atoms with Crippen molar-refractivity contribution in [3.8, 4) is 5.88 Å². The van der Waals surface area contributed by atoms with Crippen LogP contribution in [0.4, 0.5) is 0 Å². The number of rotatable bonds is 11. The number of hydrogen-bond donors (Lipinski definition) is 1. The van der Waals surface area contributed by atoms with Crippen molar-refractivity contribution < 1.29 is 27.9 Å².